The smallest absolute Gasteiger partial charge is 0.282 e. The van der Waals surface area contributed by atoms with Crippen LogP contribution in [0.15, 0.2) is 36.4 Å². The summed E-state index contributed by atoms with van der Waals surface area (Å²) in [5.41, 5.74) is 0.114. The van der Waals surface area contributed by atoms with Crippen molar-refractivity contribution >= 4 is 11.6 Å². The molecular formula is C16H16N2O3. The molecule has 1 amide bonds. The molecule has 1 heterocycles. The molecule has 0 radical (unpaired) electrons. The number of rotatable bonds is 2. The van der Waals surface area contributed by atoms with Gasteiger partial charge in [-0.25, -0.2) is 0 Å². The van der Waals surface area contributed by atoms with E-state index in [2.05, 4.69) is 12.2 Å². The molecule has 21 heavy (non-hydrogen) atoms. The van der Waals surface area contributed by atoms with Crippen LogP contribution in [0.25, 0.3) is 0 Å². The quantitative estimate of drug-likeness (QED) is 0.476. The number of carbonyl (C=O) groups is 1. The van der Waals surface area contributed by atoms with Gasteiger partial charge in [-0.05, 0) is 36.2 Å². The molecule has 5 nitrogen and oxygen atoms in total. The standard InChI is InChI=1S/C16H16N2O3/c19-16(12-3-1-2-4-15(12)18(20)21)17-8-13-10-5-6-11(7-10)14(13)9-17/h1-6,10-11,13-14H,7-9H2/t10-,11+,13-,14+. The van der Waals surface area contributed by atoms with Crippen molar-refractivity contribution in [1.82, 2.24) is 4.90 Å². The van der Waals surface area contributed by atoms with Crippen molar-refractivity contribution in [3.05, 3.63) is 52.1 Å². The Morgan fingerprint density at radius 1 is 1.14 bits per heavy atom. The first-order valence-corrected chi connectivity index (χ1v) is 7.36. The molecule has 0 aromatic heterocycles. The zero-order chi connectivity index (χ0) is 14.6. The van der Waals surface area contributed by atoms with Gasteiger partial charge in [0.25, 0.3) is 11.6 Å². The highest BCUT2D eigenvalue weighted by molar-refractivity contribution is 5.98. The predicted octanol–water partition coefficient (Wildman–Crippen LogP) is 2.49. The number of benzene rings is 1. The van der Waals surface area contributed by atoms with Gasteiger partial charge in [0.15, 0.2) is 0 Å². The third-order valence-corrected chi connectivity index (χ3v) is 5.28. The first kappa shape index (κ1) is 12.6. The second-order valence-corrected chi connectivity index (χ2v) is 6.26. The van der Waals surface area contributed by atoms with Crippen LogP contribution in [0.3, 0.4) is 0 Å². The lowest BCUT2D eigenvalue weighted by atomic mass is 9.86. The number of nitro groups is 1. The van der Waals surface area contributed by atoms with E-state index in [4.69, 9.17) is 0 Å². The molecule has 3 aliphatic rings. The molecule has 4 atom stereocenters. The second kappa shape index (κ2) is 4.41. The summed E-state index contributed by atoms with van der Waals surface area (Å²) in [6.07, 6.45) is 5.79. The van der Waals surface area contributed by atoms with Gasteiger partial charge in [0.2, 0.25) is 0 Å². The number of nitrogens with zero attached hydrogens (tertiary/aromatic N) is 2. The van der Waals surface area contributed by atoms with Crippen LogP contribution in [0.2, 0.25) is 0 Å². The first-order chi connectivity index (χ1) is 10.1. The minimum absolute atomic E-state index is 0.0966. The number of nitro benzene ring substituents is 1. The summed E-state index contributed by atoms with van der Waals surface area (Å²) in [4.78, 5) is 25.0. The summed E-state index contributed by atoms with van der Waals surface area (Å²) in [5, 5.41) is 11.1. The fourth-order valence-corrected chi connectivity index (χ4v) is 4.30. The lowest BCUT2D eigenvalue weighted by molar-refractivity contribution is -0.385. The van der Waals surface area contributed by atoms with E-state index < -0.39 is 4.92 Å². The van der Waals surface area contributed by atoms with Gasteiger partial charge in [0.1, 0.15) is 5.56 Å². The van der Waals surface area contributed by atoms with E-state index >= 15 is 0 Å². The van der Waals surface area contributed by atoms with Crippen molar-refractivity contribution in [2.45, 2.75) is 6.42 Å². The van der Waals surface area contributed by atoms with Crippen molar-refractivity contribution in [3.63, 3.8) is 0 Å². The summed E-state index contributed by atoms with van der Waals surface area (Å²) in [7, 11) is 0. The number of para-hydroxylation sites is 1. The van der Waals surface area contributed by atoms with E-state index in [1.54, 1.807) is 18.2 Å². The maximum atomic E-state index is 12.6. The monoisotopic (exact) mass is 284 g/mol. The zero-order valence-corrected chi connectivity index (χ0v) is 11.5. The molecule has 2 aliphatic carbocycles. The third kappa shape index (κ3) is 1.80. The van der Waals surface area contributed by atoms with E-state index in [1.807, 2.05) is 4.90 Å². The maximum absolute atomic E-state index is 12.6. The van der Waals surface area contributed by atoms with E-state index in [1.165, 1.54) is 12.5 Å². The molecule has 2 fully saturated rings. The number of amides is 1. The van der Waals surface area contributed by atoms with Crippen molar-refractivity contribution in [2.24, 2.45) is 23.7 Å². The topological polar surface area (TPSA) is 63.4 Å². The Balaban J connectivity index is 1.59. The van der Waals surface area contributed by atoms with E-state index in [9.17, 15) is 14.9 Å². The lowest BCUT2D eigenvalue weighted by Gasteiger charge is -2.18. The minimum Gasteiger partial charge on any atom is -0.338 e. The number of carbonyl (C=O) groups excluding carboxylic acids is 1. The molecule has 108 valence electrons. The van der Waals surface area contributed by atoms with Crippen LogP contribution in [0.5, 0.6) is 0 Å². The Morgan fingerprint density at radius 2 is 1.76 bits per heavy atom. The average Bonchev–Trinajstić information content (AvgIpc) is 3.18. The predicted molar refractivity (Wildman–Crippen MR) is 76.7 cm³/mol. The van der Waals surface area contributed by atoms with Crippen LogP contribution in [-0.2, 0) is 0 Å². The van der Waals surface area contributed by atoms with Gasteiger partial charge >= 0.3 is 0 Å². The summed E-state index contributed by atoms with van der Waals surface area (Å²) in [5.74, 6) is 2.10. The summed E-state index contributed by atoms with van der Waals surface area (Å²) in [6, 6.07) is 6.23. The lowest BCUT2D eigenvalue weighted by Crippen LogP contribution is -2.30. The van der Waals surface area contributed by atoms with Gasteiger partial charge in [-0.1, -0.05) is 24.3 Å². The van der Waals surface area contributed by atoms with Crippen LogP contribution in [0.4, 0.5) is 5.69 Å². The molecule has 0 N–H and O–H groups in total. The third-order valence-electron chi connectivity index (χ3n) is 5.28. The molecule has 1 saturated carbocycles. The van der Waals surface area contributed by atoms with E-state index in [0.717, 1.165) is 13.1 Å². The second-order valence-electron chi connectivity index (χ2n) is 6.26. The van der Waals surface area contributed by atoms with Crippen LogP contribution in [0, 0.1) is 33.8 Å². The maximum Gasteiger partial charge on any atom is 0.282 e. The van der Waals surface area contributed by atoms with Gasteiger partial charge < -0.3 is 4.90 Å². The van der Waals surface area contributed by atoms with E-state index in [0.29, 0.717) is 23.7 Å². The highest BCUT2D eigenvalue weighted by Crippen LogP contribution is 2.51. The summed E-state index contributed by atoms with van der Waals surface area (Å²) >= 11 is 0. The fourth-order valence-electron chi connectivity index (χ4n) is 4.30. The van der Waals surface area contributed by atoms with Crippen molar-refractivity contribution < 1.29 is 9.72 Å². The van der Waals surface area contributed by atoms with Crippen LogP contribution in [-0.4, -0.2) is 28.8 Å². The molecule has 0 unspecified atom stereocenters. The number of allylic oxidation sites excluding steroid dienone is 2. The van der Waals surface area contributed by atoms with Crippen LogP contribution >= 0.6 is 0 Å². The fraction of sp³-hybridized carbons (Fsp3) is 0.438. The molecule has 4 rings (SSSR count). The molecular weight excluding hydrogens is 268 g/mol. The van der Waals surface area contributed by atoms with Crippen molar-refractivity contribution in [2.75, 3.05) is 13.1 Å². The van der Waals surface area contributed by atoms with Gasteiger partial charge in [0, 0.05) is 19.2 Å². The molecule has 2 bridgehead atoms. The Labute approximate surface area is 122 Å². The number of hydrogen-bond acceptors (Lipinski definition) is 3. The zero-order valence-electron chi connectivity index (χ0n) is 11.5. The number of hydrogen-bond donors (Lipinski definition) is 0. The molecule has 0 spiro atoms. The normalized spacial score (nSPS) is 32.5. The van der Waals surface area contributed by atoms with Crippen molar-refractivity contribution in [3.8, 4) is 0 Å². The number of likely N-dealkylation sites (tertiary alicyclic amines) is 1. The SMILES string of the molecule is O=C(c1ccccc1[N+](=O)[O-])N1C[C@@H]2[C@H](C1)[C@@H]1C=C[C@H]2C1. The highest BCUT2D eigenvalue weighted by Gasteiger charge is 2.50. The highest BCUT2D eigenvalue weighted by atomic mass is 16.6. The minimum atomic E-state index is -0.477. The Bertz CT molecular complexity index is 635. The summed E-state index contributed by atoms with van der Waals surface area (Å²) < 4.78 is 0. The Kier molecular flexibility index (Phi) is 2.64. The van der Waals surface area contributed by atoms with Crippen molar-refractivity contribution in [1.29, 1.82) is 0 Å². The van der Waals surface area contributed by atoms with Gasteiger partial charge in [-0.3, -0.25) is 14.9 Å². The van der Waals surface area contributed by atoms with Crippen LogP contribution in [0.1, 0.15) is 16.8 Å². The van der Waals surface area contributed by atoms with Gasteiger partial charge in [-0.15, -0.1) is 0 Å². The average molecular weight is 284 g/mol. The van der Waals surface area contributed by atoms with Crippen LogP contribution < -0.4 is 0 Å². The molecule has 1 aliphatic heterocycles. The van der Waals surface area contributed by atoms with Gasteiger partial charge in [-0.2, -0.15) is 0 Å². The number of fused-ring (bicyclic) bond motifs is 5. The molecule has 1 saturated heterocycles. The molecule has 1 aromatic carbocycles. The Morgan fingerprint density at radius 3 is 2.38 bits per heavy atom. The Hall–Kier alpha value is -2.17. The van der Waals surface area contributed by atoms with E-state index in [-0.39, 0.29) is 17.2 Å². The molecule has 1 aromatic rings. The first-order valence-electron chi connectivity index (χ1n) is 7.36. The largest absolute Gasteiger partial charge is 0.338 e. The molecule has 5 heteroatoms. The van der Waals surface area contributed by atoms with Gasteiger partial charge in [0.05, 0.1) is 4.92 Å². The summed E-state index contributed by atoms with van der Waals surface area (Å²) in [6.45, 7) is 1.47.